The maximum atomic E-state index is 12.7. The van der Waals surface area contributed by atoms with Crippen molar-refractivity contribution in [1.82, 2.24) is 20.5 Å². The van der Waals surface area contributed by atoms with Crippen LogP contribution in [0.1, 0.15) is 31.7 Å². The minimum absolute atomic E-state index is 0.451. The van der Waals surface area contributed by atoms with E-state index in [1.54, 1.807) is 0 Å². The number of hydrogen-bond acceptors (Lipinski definition) is 6. The Morgan fingerprint density at radius 1 is 1.15 bits per heavy atom. The zero-order valence-electron chi connectivity index (χ0n) is 19.5. The number of fused-ring (bicyclic) bond motifs is 1. The summed E-state index contributed by atoms with van der Waals surface area (Å²) in [4.78, 5) is 5.58. The van der Waals surface area contributed by atoms with Crippen molar-refractivity contribution in [3.63, 3.8) is 0 Å². The third-order valence-electron chi connectivity index (χ3n) is 5.77. The number of benzene rings is 2. The molecule has 180 valence electrons. The molecule has 0 spiro atoms. The second kappa shape index (κ2) is 11.9. The number of nitrogens with one attached hydrogen (secondary N) is 4. The van der Waals surface area contributed by atoms with Crippen molar-refractivity contribution < 1.29 is 4.21 Å². The summed E-state index contributed by atoms with van der Waals surface area (Å²) in [5.74, 6) is 1.72. The Bertz CT molecular complexity index is 1100. The van der Waals surface area contributed by atoms with E-state index < -0.39 is 11.0 Å². The third kappa shape index (κ3) is 6.03. The van der Waals surface area contributed by atoms with Gasteiger partial charge < -0.3 is 10.6 Å². The quantitative estimate of drug-likeness (QED) is 0.342. The van der Waals surface area contributed by atoms with Crippen LogP contribution in [0.15, 0.2) is 86.7 Å². The molecular formula is C25H31BrN6OS. The average Bonchev–Trinajstić information content (AvgIpc) is 3.25. The first-order chi connectivity index (χ1) is 16.6. The van der Waals surface area contributed by atoms with Crippen molar-refractivity contribution in [2.45, 2.75) is 37.1 Å². The van der Waals surface area contributed by atoms with E-state index in [4.69, 9.17) is 4.99 Å². The van der Waals surface area contributed by atoms with Gasteiger partial charge in [0.25, 0.3) is 0 Å². The zero-order chi connectivity index (χ0) is 23.9. The lowest BCUT2D eigenvalue weighted by Crippen LogP contribution is -2.36. The van der Waals surface area contributed by atoms with Crippen LogP contribution in [0, 0.1) is 0 Å². The molecule has 34 heavy (non-hydrogen) atoms. The van der Waals surface area contributed by atoms with E-state index in [0.29, 0.717) is 19.1 Å². The number of allylic oxidation sites excluding steroid dienone is 1. The maximum Gasteiger partial charge on any atom is 0.161 e. The number of anilines is 1. The molecule has 0 aromatic heterocycles. The number of hydrazine groups is 1. The molecule has 0 fully saturated rings. The average molecular weight is 544 g/mol. The van der Waals surface area contributed by atoms with E-state index in [1.165, 1.54) is 0 Å². The fourth-order valence-electron chi connectivity index (χ4n) is 3.92. The molecule has 2 aromatic rings. The Morgan fingerprint density at radius 3 is 2.62 bits per heavy atom. The molecule has 9 heteroatoms. The van der Waals surface area contributed by atoms with Gasteiger partial charge in [-0.1, -0.05) is 59.6 Å². The van der Waals surface area contributed by atoms with Gasteiger partial charge in [-0.2, -0.15) is 0 Å². The summed E-state index contributed by atoms with van der Waals surface area (Å²) in [6.07, 6.45) is 5.24. The highest BCUT2D eigenvalue weighted by atomic mass is 79.9. The van der Waals surface area contributed by atoms with Gasteiger partial charge in [0.2, 0.25) is 0 Å². The minimum Gasteiger partial charge on any atom is -0.340 e. The molecule has 2 atom stereocenters. The van der Waals surface area contributed by atoms with Crippen molar-refractivity contribution in [2.75, 3.05) is 25.5 Å². The van der Waals surface area contributed by atoms with Gasteiger partial charge in [-0.05, 0) is 44.2 Å². The molecule has 0 amide bonds. The Balaban J connectivity index is 1.43. The Labute approximate surface area is 212 Å². The lowest BCUT2D eigenvalue weighted by atomic mass is 10.1. The molecule has 2 heterocycles. The van der Waals surface area contributed by atoms with Crippen LogP contribution in [-0.2, 0) is 11.0 Å². The number of rotatable bonds is 11. The van der Waals surface area contributed by atoms with Crippen molar-refractivity contribution in [3.8, 4) is 0 Å². The second-order valence-corrected chi connectivity index (χ2v) is 10.4. The summed E-state index contributed by atoms with van der Waals surface area (Å²) < 4.78 is 16.8. The molecule has 0 saturated heterocycles. The standard InChI is InChI=1S/C25H31BrN6OS/c1-3-7-19(27-2)14-15-29-34(33)21-12-10-20(11-13-21)30-24-16-23(18-8-5-4-6-9-18)31-25-22(26)17-28-32(24)25/h4-6,8-13,16,19,27-30H,3,7,14-15,17H2,1-2H3. The summed E-state index contributed by atoms with van der Waals surface area (Å²) in [5.41, 5.74) is 6.19. The molecule has 0 bridgehead atoms. The second-order valence-electron chi connectivity index (χ2n) is 8.17. The van der Waals surface area contributed by atoms with Gasteiger partial charge in [0, 0.05) is 29.9 Å². The van der Waals surface area contributed by atoms with Crippen LogP contribution in [0.2, 0.25) is 0 Å². The summed E-state index contributed by atoms with van der Waals surface area (Å²) >= 11 is 3.63. The number of halogens is 1. The lowest BCUT2D eigenvalue weighted by molar-refractivity contribution is 0.353. The van der Waals surface area contributed by atoms with E-state index in [-0.39, 0.29) is 0 Å². The van der Waals surface area contributed by atoms with E-state index in [1.807, 2.05) is 60.6 Å². The van der Waals surface area contributed by atoms with Crippen molar-refractivity contribution in [3.05, 3.63) is 82.4 Å². The molecule has 0 aliphatic carbocycles. The van der Waals surface area contributed by atoms with Gasteiger partial charge in [0.1, 0.15) is 16.8 Å². The fourth-order valence-corrected chi connectivity index (χ4v) is 5.17. The number of hydrogen-bond donors (Lipinski definition) is 4. The van der Waals surface area contributed by atoms with Gasteiger partial charge >= 0.3 is 0 Å². The summed E-state index contributed by atoms with van der Waals surface area (Å²) in [7, 11) is 0.745. The first-order valence-corrected chi connectivity index (χ1v) is 13.5. The van der Waals surface area contributed by atoms with E-state index in [9.17, 15) is 4.21 Å². The molecule has 2 aliphatic rings. The van der Waals surface area contributed by atoms with Crippen molar-refractivity contribution >= 4 is 38.3 Å². The normalized spacial score (nSPS) is 17.2. The topological polar surface area (TPSA) is 80.8 Å². The SMILES string of the molecule is CCCC(CCNS(=O)c1ccc(NC2=CC(c3ccccc3)=NC3=C(Br)CNN23)cc1)NC. The molecule has 0 radical (unpaired) electrons. The van der Waals surface area contributed by atoms with Crippen molar-refractivity contribution in [2.24, 2.45) is 4.99 Å². The van der Waals surface area contributed by atoms with Crippen LogP contribution < -0.4 is 20.8 Å². The molecule has 2 unspecified atom stereocenters. The predicted molar refractivity (Wildman–Crippen MR) is 144 cm³/mol. The molecule has 0 saturated carbocycles. The van der Waals surface area contributed by atoms with Crippen LogP contribution >= 0.6 is 15.9 Å². The minimum atomic E-state index is -1.24. The summed E-state index contributed by atoms with van der Waals surface area (Å²) in [6, 6.07) is 18.3. The van der Waals surface area contributed by atoms with Crippen LogP contribution in [-0.4, -0.2) is 41.1 Å². The van der Waals surface area contributed by atoms with Crippen LogP contribution in [0.3, 0.4) is 0 Å². The van der Waals surface area contributed by atoms with Crippen LogP contribution in [0.4, 0.5) is 5.69 Å². The van der Waals surface area contributed by atoms with E-state index in [2.05, 4.69) is 55.8 Å². The molecular weight excluding hydrogens is 512 g/mol. The Morgan fingerprint density at radius 2 is 1.91 bits per heavy atom. The molecule has 2 aromatic carbocycles. The highest BCUT2D eigenvalue weighted by molar-refractivity contribution is 9.11. The summed E-state index contributed by atoms with van der Waals surface area (Å²) in [5, 5.41) is 8.74. The monoisotopic (exact) mass is 542 g/mol. The van der Waals surface area contributed by atoms with Gasteiger partial charge in [-0.3, -0.25) is 0 Å². The van der Waals surface area contributed by atoms with Gasteiger partial charge in [-0.25, -0.2) is 24.4 Å². The van der Waals surface area contributed by atoms with Gasteiger partial charge in [-0.15, -0.1) is 0 Å². The molecule has 4 N–H and O–H groups in total. The summed E-state index contributed by atoms with van der Waals surface area (Å²) in [6.45, 7) is 3.56. The largest absolute Gasteiger partial charge is 0.340 e. The fraction of sp³-hybridized carbons (Fsp3) is 0.320. The first-order valence-electron chi connectivity index (χ1n) is 11.6. The van der Waals surface area contributed by atoms with Gasteiger partial charge in [0.05, 0.1) is 21.6 Å². The molecule has 7 nitrogen and oxygen atoms in total. The predicted octanol–water partition coefficient (Wildman–Crippen LogP) is 4.22. The van der Waals surface area contributed by atoms with Crippen LogP contribution in [0.5, 0.6) is 0 Å². The van der Waals surface area contributed by atoms with E-state index >= 15 is 0 Å². The molecule has 4 rings (SSSR count). The smallest absolute Gasteiger partial charge is 0.161 e. The highest BCUT2D eigenvalue weighted by Crippen LogP contribution is 2.30. The number of aliphatic imine (C=N–C) groups is 1. The molecule has 2 aliphatic heterocycles. The third-order valence-corrected chi connectivity index (χ3v) is 7.57. The first kappa shape index (κ1) is 24.8. The van der Waals surface area contributed by atoms with Crippen molar-refractivity contribution in [1.29, 1.82) is 0 Å². The Hall–Kier alpha value is -2.30. The van der Waals surface area contributed by atoms with Gasteiger partial charge in [0.15, 0.2) is 5.82 Å². The maximum absolute atomic E-state index is 12.7. The van der Waals surface area contributed by atoms with E-state index in [0.717, 1.165) is 57.2 Å². The lowest BCUT2D eigenvalue weighted by Gasteiger charge is -2.27. The Kier molecular flexibility index (Phi) is 8.69. The highest BCUT2D eigenvalue weighted by Gasteiger charge is 2.28. The zero-order valence-corrected chi connectivity index (χ0v) is 21.9. The van der Waals surface area contributed by atoms with Crippen LogP contribution in [0.25, 0.3) is 0 Å². The number of nitrogens with zero attached hydrogens (tertiary/aromatic N) is 2.